The number of aromatic nitrogens is 3. The maximum absolute atomic E-state index is 12.0. The van der Waals surface area contributed by atoms with Crippen molar-refractivity contribution in [3.63, 3.8) is 0 Å². The molecule has 54 heavy (non-hydrogen) atoms. The number of para-hydroxylation sites is 1. The van der Waals surface area contributed by atoms with Gasteiger partial charge in [0.2, 0.25) is 0 Å². The molecule has 1 atom stereocenters. The van der Waals surface area contributed by atoms with E-state index in [1.165, 1.54) is 42.6 Å². The zero-order valence-electron chi connectivity index (χ0n) is 29.8. The van der Waals surface area contributed by atoms with Gasteiger partial charge in [-0.15, -0.1) is 0 Å². The fourth-order valence-corrected chi connectivity index (χ4v) is 7.67. The van der Waals surface area contributed by atoms with Crippen molar-refractivity contribution in [1.29, 1.82) is 0 Å². The number of fused-ring (bicyclic) bond motifs is 3. The van der Waals surface area contributed by atoms with Crippen molar-refractivity contribution in [2.24, 2.45) is 0 Å². The minimum atomic E-state index is -4.47. The van der Waals surface area contributed by atoms with E-state index in [-0.39, 0.29) is 10.8 Å². The highest BCUT2D eigenvalue weighted by Gasteiger charge is 2.21. The summed E-state index contributed by atoms with van der Waals surface area (Å²) < 4.78 is 68.0. The molecular formula is C37H44N6O9S2. The number of carboxylic acids is 1. The smallest absolute Gasteiger partial charge is 0.326 e. The largest absolute Gasteiger partial charge is 0.480 e. The number of anilines is 2. The van der Waals surface area contributed by atoms with Gasteiger partial charge in [-0.25, -0.2) is 19.7 Å². The third kappa shape index (κ3) is 10.9. The number of pyridine rings is 1. The highest BCUT2D eigenvalue weighted by atomic mass is 32.2. The van der Waals surface area contributed by atoms with E-state index in [0.29, 0.717) is 25.4 Å². The molecule has 5 aromatic rings. The number of hydrogen-bond donors (Lipinski definition) is 5. The summed E-state index contributed by atoms with van der Waals surface area (Å²) in [5.41, 5.74) is 3.22. The summed E-state index contributed by atoms with van der Waals surface area (Å²) >= 11 is 0. The van der Waals surface area contributed by atoms with Crippen molar-refractivity contribution >= 4 is 59.5 Å². The van der Waals surface area contributed by atoms with Gasteiger partial charge < -0.3 is 25.4 Å². The number of unbranched alkanes of at least 4 members (excludes halogenated alkanes) is 1. The molecule has 2 aromatic heterocycles. The Balaban J connectivity index is 0.000000260. The number of carboxylic acid groups (broad SMARTS) is 1. The minimum absolute atomic E-state index is 0.0233. The first-order valence-electron chi connectivity index (χ1n) is 17.4. The maximum Gasteiger partial charge on any atom is 0.326 e. The standard InChI is InChI=1S/C27H36N6O3.C10H8O6S2/c1-36-18-17-33(15-5-4-8-21-12-11-20-7-6-14-28-25(20)31-21)16-13-24(27(34)35)32-26-22-9-2-3-10-23(22)29-19-30-26;11-17(12,13)9-5-1-3-7-8(9)4-2-6-10(7)18(14,15)16/h2-3,9-12,19,24H,4-8,13-18H2,1H3,(H,28,31)(H,34,35)(H,29,30,32);1-6H,(H,11,12,13)(H,14,15,16)/t24-;/m0./s1. The number of methoxy groups -OCH3 is 1. The number of nitrogens with zero attached hydrogens (tertiary/aromatic N) is 4. The molecule has 15 nitrogen and oxygen atoms in total. The van der Waals surface area contributed by atoms with E-state index in [2.05, 4.69) is 37.6 Å². The molecule has 0 saturated carbocycles. The van der Waals surface area contributed by atoms with Crippen LogP contribution in [0, 0.1) is 0 Å². The Morgan fingerprint density at radius 2 is 1.56 bits per heavy atom. The molecule has 0 saturated heterocycles. The number of carbonyl (C=O) groups is 1. The van der Waals surface area contributed by atoms with Crippen LogP contribution in [0.4, 0.5) is 11.6 Å². The molecule has 1 aliphatic rings. The number of benzene rings is 3. The molecule has 6 rings (SSSR count). The normalized spacial score (nSPS) is 13.5. The van der Waals surface area contributed by atoms with Crippen molar-refractivity contribution in [3.8, 4) is 0 Å². The molecule has 0 bridgehead atoms. The summed E-state index contributed by atoms with van der Waals surface area (Å²) in [5, 5.41) is 17.2. The fourth-order valence-electron chi connectivity index (χ4n) is 6.26. The van der Waals surface area contributed by atoms with Crippen molar-refractivity contribution in [2.75, 3.05) is 50.5 Å². The highest BCUT2D eigenvalue weighted by Crippen LogP contribution is 2.28. The third-order valence-corrected chi connectivity index (χ3v) is 10.8. The number of hydrogen-bond acceptors (Lipinski definition) is 12. The summed E-state index contributed by atoms with van der Waals surface area (Å²) in [6.07, 6.45) is 7.16. The predicted octanol–water partition coefficient (Wildman–Crippen LogP) is 4.94. The minimum Gasteiger partial charge on any atom is -0.480 e. The van der Waals surface area contributed by atoms with Crippen LogP contribution in [0.15, 0.2) is 88.9 Å². The van der Waals surface area contributed by atoms with Gasteiger partial charge in [0.1, 0.15) is 33.8 Å². The van der Waals surface area contributed by atoms with E-state index in [1.807, 2.05) is 24.3 Å². The highest BCUT2D eigenvalue weighted by molar-refractivity contribution is 7.86. The predicted molar refractivity (Wildman–Crippen MR) is 205 cm³/mol. The Morgan fingerprint density at radius 1 is 0.870 bits per heavy atom. The van der Waals surface area contributed by atoms with Gasteiger partial charge in [-0.3, -0.25) is 9.11 Å². The molecule has 0 amide bonds. The van der Waals surface area contributed by atoms with Crippen LogP contribution in [0.3, 0.4) is 0 Å². The second-order valence-electron chi connectivity index (χ2n) is 12.8. The van der Waals surface area contributed by atoms with Gasteiger partial charge in [-0.2, -0.15) is 16.8 Å². The van der Waals surface area contributed by atoms with Crippen molar-refractivity contribution < 1.29 is 40.6 Å². The van der Waals surface area contributed by atoms with E-state index in [0.717, 1.165) is 79.9 Å². The summed E-state index contributed by atoms with van der Waals surface area (Å²) in [6.45, 7) is 3.91. The molecule has 0 aliphatic carbocycles. The van der Waals surface area contributed by atoms with Crippen LogP contribution in [-0.2, 0) is 42.6 Å². The number of aliphatic carboxylic acids is 1. The second kappa shape index (κ2) is 18.5. The SMILES string of the molecule is COCCN(CCCCc1ccc2c(n1)NCCC2)CC[C@H](Nc1ncnc2ccccc12)C(=O)O.O=S(=O)(O)c1cccc2c(S(=O)(=O)O)cccc12. The molecule has 288 valence electrons. The van der Waals surface area contributed by atoms with Gasteiger partial charge >= 0.3 is 5.97 Å². The summed E-state index contributed by atoms with van der Waals surface area (Å²) in [7, 11) is -7.25. The lowest BCUT2D eigenvalue weighted by Crippen LogP contribution is -2.37. The quantitative estimate of drug-likeness (QED) is 0.0661. The molecule has 0 fully saturated rings. The van der Waals surface area contributed by atoms with Gasteiger partial charge in [0.25, 0.3) is 20.2 Å². The molecule has 1 aliphatic heterocycles. The lowest BCUT2D eigenvalue weighted by Gasteiger charge is -2.24. The van der Waals surface area contributed by atoms with E-state index in [1.54, 1.807) is 7.11 Å². The van der Waals surface area contributed by atoms with Gasteiger partial charge in [0.05, 0.1) is 12.1 Å². The molecule has 3 aromatic carbocycles. The molecule has 0 unspecified atom stereocenters. The lowest BCUT2D eigenvalue weighted by atomic mass is 10.1. The van der Waals surface area contributed by atoms with Crippen LogP contribution in [0.2, 0.25) is 0 Å². The van der Waals surface area contributed by atoms with E-state index >= 15 is 0 Å². The van der Waals surface area contributed by atoms with Crippen molar-refractivity contribution in [1.82, 2.24) is 19.9 Å². The topological polar surface area (TPSA) is 221 Å². The van der Waals surface area contributed by atoms with Crippen LogP contribution >= 0.6 is 0 Å². The third-order valence-electron chi connectivity index (χ3n) is 9.00. The summed E-state index contributed by atoms with van der Waals surface area (Å²) in [6, 6.07) is 18.7. The van der Waals surface area contributed by atoms with Crippen LogP contribution in [0.25, 0.3) is 21.7 Å². The molecule has 3 heterocycles. The monoisotopic (exact) mass is 780 g/mol. The summed E-state index contributed by atoms with van der Waals surface area (Å²) in [5.74, 6) is 0.698. The Labute approximate surface area is 314 Å². The Kier molecular flexibility index (Phi) is 13.8. The molecule has 5 N–H and O–H groups in total. The first-order valence-corrected chi connectivity index (χ1v) is 20.3. The molecule has 0 spiro atoms. The van der Waals surface area contributed by atoms with Gasteiger partial charge in [-0.05, 0) is 81.0 Å². The Morgan fingerprint density at radius 3 is 2.22 bits per heavy atom. The van der Waals surface area contributed by atoms with Gasteiger partial charge in [-0.1, -0.05) is 42.5 Å². The first kappa shape index (κ1) is 40.4. The average Bonchev–Trinajstić information content (AvgIpc) is 3.15. The van der Waals surface area contributed by atoms with Crippen LogP contribution in [0.1, 0.15) is 36.9 Å². The number of ether oxygens (including phenoxy) is 1. The molecule has 0 radical (unpaired) electrons. The van der Waals surface area contributed by atoms with Crippen LogP contribution in [0.5, 0.6) is 0 Å². The van der Waals surface area contributed by atoms with Crippen LogP contribution < -0.4 is 10.6 Å². The second-order valence-corrected chi connectivity index (χ2v) is 15.5. The van der Waals surface area contributed by atoms with Crippen molar-refractivity contribution in [3.05, 3.63) is 90.4 Å². The average molecular weight is 781 g/mol. The molecule has 17 heteroatoms. The zero-order valence-corrected chi connectivity index (χ0v) is 31.4. The van der Waals surface area contributed by atoms with Gasteiger partial charge in [0, 0.05) is 48.6 Å². The Bertz CT molecular complexity index is 2210. The number of aryl methyl sites for hydroxylation is 2. The first-order chi connectivity index (χ1) is 25.8. The van der Waals surface area contributed by atoms with Crippen molar-refractivity contribution in [2.45, 2.75) is 54.4 Å². The fraction of sp³-hybridized carbons (Fsp3) is 0.351. The van der Waals surface area contributed by atoms with E-state index in [4.69, 9.17) is 18.8 Å². The van der Waals surface area contributed by atoms with Crippen LogP contribution in [-0.4, -0.2) is 103 Å². The van der Waals surface area contributed by atoms with Gasteiger partial charge in [0.15, 0.2) is 0 Å². The summed E-state index contributed by atoms with van der Waals surface area (Å²) in [4.78, 5) is 26.8. The van der Waals surface area contributed by atoms with E-state index in [9.17, 15) is 26.7 Å². The maximum atomic E-state index is 12.0. The lowest BCUT2D eigenvalue weighted by molar-refractivity contribution is -0.138. The van der Waals surface area contributed by atoms with E-state index < -0.39 is 42.0 Å². The number of rotatable bonds is 16. The zero-order chi connectivity index (χ0) is 38.7. The Hall–Kier alpha value is -4.78. The molecular weight excluding hydrogens is 737 g/mol. The number of nitrogens with one attached hydrogen (secondary N) is 2.